The predicted molar refractivity (Wildman–Crippen MR) is 81.2 cm³/mol. The highest BCUT2D eigenvalue weighted by molar-refractivity contribution is 5.28. The molecule has 1 aromatic carbocycles. The van der Waals surface area contributed by atoms with Crippen LogP contribution in [-0.2, 0) is 11.3 Å². The van der Waals surface area contributed by atoms with Gasteiger partial charge in [-0.3, -0.25) is 4.90 Å². The van der Waals surface area contributed by atoms with Crippen molar-refractivity contribution < 1.29 is 9.47 Å². The van der Waals surface area contributed by atoms with E-state index in [-0.39, 0.29) is 0 Å². The van der Waals surface area contributed by atoms with Crippen LogP contribution in [0.15, 0.2) is 24.3 Å². The van der Waals surface area contributed by atoms with Crippen molar-refractivity contribution in [3.63, 3.8) is 0 Å². The Morgan fingerprint density at radius 2 is 2.35 bits per heavy atom. The summed E-state index contributed by atoms with van der Waals surface area (Å²) in [6.07, 6.45) is 1.17. The maximum absolute atomic E-state index is 5.62. The summed E-state index contributed by atoms with van der Waals surface area (Å²) in [5.74, 6) is 0.927. The van der Waals surface area contributed by atoms with Gasteiger partial charge in [-0.25, -0.2) is 0 Å². The third kappa shape index (κ3) is 4.47. The maximum atomic E-state index is 5.62. The van der Waals surface area contributed by atoms with Gasteiger partial charge in [0, 0.05) is 25.7 Å². The summed E-state index contributed by atoms with van der Waals surface area (Å²) in [6.45, 7) is 7.86. The Morgan fingerprint density at radius 1 is 1.45 bits per heavy atom. The van der Waals surface area contributed by atoms with E-state index < -0.39 is 0 Å². The second kappa shape index (κ2) is 8.25. The van der Waals surface area contributed by atoms with Crippen LogP contribution in [0.5, 0.6) is 5.75 Å². The molecule has 0 aliphatic carbocycles. The van der Waals surface area contributed by atoms with Crippen LogP contribution in [0.2, 0.25) is 0 Å². The average molecular weight is 278 g/mol. The first kappa shape index (κ1) is 15.3. The van der Waals surface area contributed by atoms with Crippen LogP contribution in [0.4, 0.5) is 0 Å². The molecule has 1 unspecified atom stereocenters. The van der Waals surface area contributed by atoms with Crippen LogP contribution in [0.3, 0.4) is 0 Å². The maximum Gasteiger partial charge on any atom is 0.119 e. The summed E-state index contributed by atoms with van der Waals surface area (Å²) in [4.78, 5) is 2.50. The van der Waals surface area contributed by atoms with E-state index in [2.05, 4.69) is 35.3 Å². The summed E-state index contributed by atoms with van der Waals surface area (Å²) >= 11 is 0. The topological polar surface area (TPSA) is 33.7 Å². The molecule has 0 radical (unpaired) electrons. The molecule has 20 heavy (non-hydrogen) atoms. The normalized spacial score (nSPS) is 20.0. The highest BCUT2D eigenvalue weighted by atomic mass is 16.5. The highest BCUT2D eigenvalue weighted by Gasteiger charge is 2.22. The molecule has 4 heteroatoms. The highest BCUT2D eigenvalue weighted by Crippen LogP contribution is 2.17. The zero-order chi connectivity index (χ0) is 14.2. The Bertz CT molecular complexity index is 398. The van der Waals surface area contributed by atoms with Crippen LogP contribution < -0.4 is 10.1 Å². The molecule has 1 N–H and O–H groups in total. The van der Waals surface area contributed by atoms with Gasteiger partial charge >= 0.3 is 0 Å². The Hall–Kier alpha value is -1.10. The van der Waals surface area contributed by atoms with E-state index in [0.29, 0.717) is 6.04 Å². The van der Waals surface area contributed by atoms with Gasteiger partial charge in [0.05, 0.1) is 20.3 Å². The lowest BCUT2D eigenvalue weighted by Crippen LogP contribution is -2.49. The molecular formula is C16H26N2O2. The van der Waals surface area contributed by atoms with E-state index in [0.717, 1.165) is 45.1 Å². The van der Waals surface area contributed by atoms with Gasteiger partial charge in [0.25, 0.3) is 0 Å². The van der Waals surface area contributed by atoms with Gasteiger partial charge in [-0.05, 0) is 30.7 Å². The molecular weight excluding hydrogens is 252 g/mol. The largest absolute Gasteiger partial charge is 0.497 e. The van der Waals surface area contributed by atoms with Gasteiger partial charge < -0.3 is 14.8 Å². The average Bonchev–Trinajstić information content (AvgIpc) is 2.49. The molecule has 4 nitrogen and oxygen atoms in total. The molecule has 1 atom stereocenters. The Balaban J connectivity index is 1.93. The number of benzene rings is 1. The summed E-state index contributed by atoms with van der Waals surface area (Å²) in [5.41, 5.74) is 1.30. The third-order valence-electron chi connectivity index (χ3n) is 3.68. The molecule has 1 saturated heterocycles. The fraction of sp³-hybridized carbons (Fsp3) is 0.625. The van der Waals surface area contributed by atoms with Crippen molar-refractivity contribution in [2.45, 2.75) is 25.9 Å². The van der Waals surface area contributed by atoms with Crippen molar-refractivity contribution in [1.82, 2.24) is 10.2 Å². The van der Waals surface area contributed by atoms with E-state index in [1.807, 2.05) is 6.07 Å². The Labute approximate surface area is 122 Å². The van der Waals surface area contributed by atoms with Crippen LogP contribution in [0.25, 0.3) is 0 Å². The van der Waals surface area contributed by atoms with Gasteiger partial charge in [0.2, 0.25) is 0 Å². The van der Waals surface area contributed by atoms with Gasteiger partial charge in [-0.1, -0.05) is 19.1 Å². The number of hydrogen-bond donors (Lipinski definition) is 1. The lowest BCUT2D eigenvalue weighted by molar-refractivity contribution is -0.0108. The SMILES string of the molecule is CCCNCC1COCCN1Cc1cccc(OC)c1. The number of rotatable bonds is 7. The number of nitrogens with one attached hydrogen (secondary N) is 1. The minimum absolute atomic E-state index is 0.460. The lowest BCUT2D eigenvalue weighted by atomic mass is 10.1. The van der Waals surface area contributed by atoms with Gasteiger partial charge in [-0.15, -0.1) is 0 Å². The lowest BCUT2D eigenvalue weighted by Gasteiger charge is -2.35. The van der Waals surface area contributed by atoms with Crippen molar-refractivity contribution in [2.75, 3.05) is 40.0 Å². The molecule has 2 rings (SSSR count). The molecule has 0 amide bonds. The Morgan fingerprint density at radius 3 is 3.15 bits per heavy atom. The molecule has 1 fully saturated rings. The minimum atomic E-state index is 0.460. The smallest absolute Gasteiger partial charge is 0.119 e. The second-order valence-corrected chi connectivity index (χ2v) is 5.25. The van der Waals surface area contributed by atoms with Gasteiger partial charge in [-0.2, -0.15) is 0 Å². The summed E-state index contributed by atoms with van der Waals surface area (Å²) in [7, 11) is 1.71. The molecule has 0 spiro atoms. The van der Waals surface area contributed by atoms with E-state index in [4.69, 9.17) is 9.47 Å². The van der Waals surface area contributed by atoms with Crippen molar-refractivity contribution >= 4 is 0 Å². The molecule has 0 saturated carbocycles. The monoisotopic (exact) mass is 278 g/mol. The van der Waals surface area contributed by atoms with Crippen LogP contribution in [0, 0.1) is 0 Å². The molecule has 0 bridgehead atoms. The molecule has 1 aliphatic heterocycles. The van der Waals surface area contributed by atoms with Crippen LogP contribution in [0.1, 0.15) is 18.9 Å². The van der Waals surface area contributed by atoms with Gasteiger partial charge in [0.15, 0.2) is 0 Å². The van der Waals surface area contributed by atoms with E-state index in [9.17, 15) is 0 Å². The van der Waals surface area contributed by atoms with Crippen molar-refractivity contribution in [3.8, 4) is 5.75 Å². The fourth-order valence-electron chi connectivity index (χ4n) is 2.54. The van der Waals surface area contributed by atoms with Crippen molar-refractivity contribution in [1.29, 1.82) is 0 Å². The Kier molecular flexibility index (Phi) is 6.30. The molecule has 1 heterocycles. The van der Waals surface area contributed by atoms with E-state index in [1.165, 1.54) is 12.0 Å². The zero-order valence-corrected chi connectivity index (χ0v) is 12.6. The quantitative estimate of drug-likeness (QED) is 0.772. The van der Waals surface area contributed by atoms with Crippen LogP contribution in [-0.4, -0.2) is 50.9 Å². The number of hydrogen-bond acceptors (Lipinski definition) is 4. The zero-order valence-electron chi connectivity index (χ0n) is 12.6. The van der Waals surface area contributed by atoms with Crippen molar-refractivity contribution in [2.24, 2.45) is 0 Å². The minimum Gasteiger partial charge on any atom is -0.497 e. The fourth-order valence-corrected chi connectivity index (χ4v) is 2.54. The number of ether oxygens (including phenoxy) is 2. The summed E-state index contributed by atoms with van der Waals surface area (Å²) < 4.78 is 10.9. The van der Waals surface area contributed by atoms with E-state index >= 15 is 0 Å². The molecule has 0 aromatic heterocycles. The van der Waals surface area contributed by atoms with Gasteiger partial charge in [0.1, 0.15) is 5.75 Å². The molecule has 112 valence electrons. The summed E-state index contributed by atoms with van der Waals surface area (Å²) in [6, 6.07) is 8.78. The molecule has 1 aliphatic rings. The number of methoxy groups -OCH3 is 1. The van der Waals surface area contributed by atoms with Crippen molar-refractivity contribution in [3.05, 3.63) is 29.8 Å². The summed E-state index contributed by atoms with van der Waals surface area (Å²) in [5, 5.41) is 3.50. The number of morpholine rings is 1. The first-order valence-corrected chi connectivity index (χ1v) is 7.49. The molecule has 1 aromatic rings. The third-order valence-corrected chi connectivity index (χ3v) is 3.68. The first-order valence-electron chi connectivity index (χ1n) is 7.49. The first-order chi connectivity index (χ1) is 9.83. The standard InChI is InChI=1S/C16H26N2O2/c1-3-7-17-11-15-13-20-9-8-18(15)12-14-5-4-6-16(10-14)19-2/h4-6,10,15,17H,3,7-9,11-13H2,1-2H3. The second-order valence-electron chi connectivity index (χ2n) is 5.25. The van der Waals surface area contributed by atoms with E-state index in [1.54, 1.807) is 7.11 Å². The predicted octanol–water partition coefficient (Wildman–Crippen LogP) is 1.90. The number of nitrogens with zero attached hydrogens (tertiary/aromatic N) is 1. The van der Waals surface area contributed by atoms with Crippen LogP contribution >= 0.6 is 0 Å².